The van der Waals surface area contributed by atoms with Crippen molar-refractivity contribution in [2.75, 3.05) is 0 Å². The molecule has 0 unspecified atom stereocenters. The second-order valence-electron chi connectivity index (χ2n) is 2.24. The zero-order chi connectivity index (χ0) is 7.84. The number of benzene rings is 1. The number of fused-ring (bicyclic) bond motifs is 1. The van der Waals surface area contributed by atoms with Gasteiger partial charge >= 0.3 is 0 Å². The number of aromatic nitrogens is 1. The van der Waals surface area contributed by atoms with Crippen LogP contribution in [0.1, 0.15) is 0 Å². The average molecular weight is 169 g/mol. The molecular weight excluding hydrogens is 165 g/mol. The van der Waals surface area contributed by atoms with Crippen molar-refractivity contribution in [1.82, 2.24) is 4.98 Å². The van der Waals surface area contributed by atoms with Crippen molar-refractivity contribution in [1.29, 1.82) is 0 Å². The predicted molar refractivity (Wildman–Crippen MR) is 42.1 cm³/mol. The van der Waals surface area contributed by atoms with E-state index in [9.17, 15) is 4.39 Å². The Labute approximate surface area is 67.8 Å². The highest BCUT2D eigenvalue weighted by Crippen LogP contribution is 2.20. The molecule has 0 spiro atoms. The lowest BCUT2D eigenvalue weighted by atomic mass is 10.2. The molecule has 3 heteroatoms. The van der Waals surface area contributed by atoms with Crippen molar-refractivity contribution in [3.05, 3.63) is 35.2 Å². The predicted octanol–water partition coefficient (Wildman–Crippen LogP) is 2.76. The number of halogens is 2. The molecule has 1 heterocycles. The molecule has 0 fully saturated rings. The largest absolute Gasteiger partial charge is 0.360 e. The van der Waals surface area contributed by atoms with Gasteiger partial charge in [0.15, 0.2) is 0 Å². The Morgan fingerprint density at radius 3 is 3.09 bits per heavy atom. The fourth-order valence-corrected chi connectivity index (χ4v) is 1.14. The van der Waals surface area contributed by atoms with Crippen molar-refractivity contribution in [2.45, 2.75) is 0 Å². The minimum absolute atomic E-state index is 0.133. The number of rotatable bonds is 0. The van der Waals surface area contributed by atoms with Crippen molar-refractivity contribution < 1.29 is 4.39 Å². The standard InChI is InChI=1S/C8H4ClFN/c9-6-3-5-1-2-11-8(5)4-7(6)10/h2-4,11H. The van der Waals surface area contributed by atoms with Gasteiger partial charge in [0.1, 0.15) is 5.82 Å². The van der Waals surface area contributed by atoms with E-state index in [-0.39, 0.29) is 5.02 Å². The molecule has 0 saturated heterocycles. The van der Waals surface area contributed by atoms with Crippen LogP contribution in [0.4, 0.5) is 4.39 Å². The quantitative estimate of drug-likeness (QED) is 0.623. The minimum atomic E-state index is -0.407. The Balaban J connectivity index is 2.86. The topological polar surface area (TPSA) is 15.8 Å². The van der Waals surface area contributed by atoms with E-state index in [1.165, 1.54) is 6.07 Å². The monoisotopic (exact) mass is 168 g/mol. The number of nitrogens with one attached hydrogen (secondary N) is 1. The summed E-state index contributed by atoms with van der Waals surface area (Å²) in [4.78, 5) is 2.83. The van der Waals surface area contributed by atoms with E-state index in [4.69, 9.17) is 11.6 Å². The molecule has 2 rings (SSSR count). The molecule has 1 aromatic carbocycles. The third-order valence-corrected chi connectivity index (χ3v) is 1.81. The summed E-state index contributed by atoms with van der Waals surface area (Å²) in [5, 5.41) is 0.935. The van der Waals surface area contributed by atoms with Crippen molar-refractivity contribution >= 4 is 22.5 Å². The summed E-state index contributed by atoms with van der Waals surface area (Å²) in [5.74, 6) is -0.407. The Morgan fingerprint density at radius 2 is 2.27 bits per heavy atom. The molecule has 2 aromatic rings. The lowest BCUT2D eigenvalue weighted by Crippen LogP contribution is -1.75. The summed E-state index contributed by atoms with van der Waals surface area (Å²) in [7, 11) is 0. The first-order chi connectivity index (χ1) is 5.27. The minimum Gasteiger partial charge on any atom is -0.360 e. The van der Waals surface area contributed by atoms with E-state index in [1.807, 2.05) is 0 Å². The highest BCUT2D eigenvalue weighted by molar-refractivity contribution is 6.31. The zero-order valence-corrected chi connectivity index (χ0v) is 6.24. The van der Waals surface area contributed by atoms with Crippen LogP contribution in [0.2, 0.25) is 5.02 Å². The maximum Gasteiger partial charge on any atom is 0.143 e. The summed E-state index contributed by atoms with van der Waals surface area (Å²) >= 11 is 5.54. The van der Waals surface area contributed by atoms with Gasteiger partial charge in [-0.2, -0.15) is 0 Å². The van der Waals surface area contributed by atoms with Crippen LogP contribution in [0.25, 0.3) is 10.9 Å². The molecular formula is C8H4ClFN. The molecule has 0 atom stereocenters. The first kappa shape index (κ1) is 6.68. The van der Waals surface area contributed by atoms with E-state index in [0.717, 1.165) is 5.39 Å². The van der Waals surface area contributed by atoms with Crippen LogP contribution in [0.15, 0.2) is 18.3 Å². The normalized spacial score (nSPS) is 10.7. The fraction of sp³-hybridized carbons (Fsp3) is 0. The number of hydrogen-bond acceptors (Lipinski definition) is 0. The Kier molecular flexibility index (Phi) is 1.36. The van der Waals surface area contributed by atoms with Crippen LogP contribution in [0, 0.1) is 11.9 Å². The zero-order valence-electron chi connectivity index (χ0n) is 5.49. The van der Waals surface area contributed by atoms with Gasteiger partial charge < -0.3 is 4.98 Å². The van der Waals surface area contributed by atoms with Gasteiger partial charge in [0.25, 0.3) is 0 Å². The summed E-state index contributed by atoms with van der Waals surface area (Å²) in [6.45, 7) is 0. The van der Waals surface area contributed by atoms with Gasteiger partial charge in [0, 0.05) is 23.2 Å². The van der Waals surface area contributed by atoms with E-state index >= 15 is 0 Å². The first-order valence-electron chi connectivity index (χ1n) is 3.11. The molecule has 11 heavy (non-hydrogen) atoms. The van der Waals surface area contributed by atoms with E-state index in [1.54, 1.807) is 12.3 Å². The second kappa shape index (κ2) is 2.24. The highest BCUT2D eigenvalue weighted by Gasteiger charge is 2.01. The summed E-state index contributed by atoms with van der Waals surface area (Å²) < 4.78 is 12.8. The number of hydrogen-bond donors (Lipinski definition) is 1. The number of H-pyrrole nitrogens is 1. The SMILES string of the molecule is Fc1cc2[nH]c[c]c2cc1Cl. The lowest BCUT2D eigenvalue weighted by Gasteiger charge is -1.92. The Morgan fingerprint density at radius 1 is 1.45 bits per heavy atom. The summed E-state index contributed by atoms with van der Waals surface area (Å²) in [6, 6.07) is 5.78. The van der Waals surface area contributed by atoms with Crippen molar-refractivity contribution in [3.8, 4) is 0 Å². The maximum absolute atomic E-state index is 12.8. The van der Waals surface area contributed by atoms with Gasteiger partial charge in [-0.3, -0.25) is 0 Å². The molecule has 0 aliphatic heterocycles. The third kappa shape index (κ3) is 0.994. The maximum atomic E-state index is 12.8. The molecule has 0 bridgehead atoms. The van der Waals surface area contributed by atoms with Gasteiger partial charge in [-0.1, -0.05) is 11.6 Å². The molecule has 0 aliphatic carbocycles. The van der Waals surface area contributed by atoms with E-state index in [2.05, 4.69) is 11.1 Å². The van der Waals surface area contributed by atoms with Crippen LogP contribution in [0.5, 0.6) is 0 Å². The van der Waals surface area contributed by atoms with Crippen LogP contribution in [-0.2, 0) is 0 Å². The lowest BCUT2D eigenvalue weighted by molar-refractivity contribution is 0.630. The molecule has 0 saturated carbocycles. The van der Waals surface area contributed by atoms with Crippen LogP contribution < -0.4 is 0 Å². The molecule has 1 N–H and O–H groups in total. The van der Waals surface area contributed by atoms with Crippen LogP contribution in [0.3, 0.4) is 0 Å². The first-order valence-corrected chi connectivity index (χ1v) is 3.49. The molecule has 0 amide bonds. The molecule has 1 radical (unpaired) electrons. The van der Waals surface area contributed by atoms with Crippen LogP contribution in [-0.4, -0.2) is 4.98 Å². The highest BCUT2D eigenvalue weighted by atomic mass is 35.5. The second-order valence-corrected chi connectivity index (χ2v) is 2.65. The van der Waals surface area contributed by atoms with Gasteiger partial charge in [0.05, 0.1) is 5.02 Å². The fourth-order valence-electron chi connectivity index (χ4n) is 0.977. The summed E-state index contributed by atoms with van der Waals surface area (Å²) in [6.07, 6.45) is 1.63. The number of aromatic amines is 1. The van der Waals surface area contributed by atoms with Gasteiger partial charge in [-0.25, -0.2) is 4.39 Å². The van der Waals surface area contributed by atoms with Gasteiger partial charge in [-0.15, -0.1) is 0 Å². The smallest absolute Gasteiger partial charge is 0.143 e. The van der Waals surface area contributed by atoms with Gasteiger partial charge in [0.2, 0.25) is 0 Å². The van der Waals surface area contributed by atoms with E-state index in [0.29, 0.717) is 5.52 Å². The Hall–Kier alpha value is -1.02. The summed E-state index contributed by atoms with van der Waals surface area (Å²) in [5.41, 5.74) is 0.715. The molecule has 55 valence electrons. The average Bonchev–Trinajstić information content (AvgIpc) is 2.36. The Bertz CT molecular complexity index is 358. The van der Waals surface area contributed by atoms with Crippen LogP contribution >= 0.6 is 11.6 Å². The van der Waals surface area contributed by atoms with E-state index < -0.39 is 5.82 Å². The van der Waals surface area contributed by atoms with Crippen molar-refractivity contribution in [3.63, 3.8) is 0 Å². The molecule has 1 nitrogen and oxygen atoms in total. The molecule has 1 aromatic heterocycles. The van der Waals surface area contributed by atoms with Gasteiger partial charge in [-0.05, 0) is 12.1 Å². The van der Waals surface area contributed by atoms with Crippen molar-refractivity contribution in [2.24, 2.45) is 0 Å². The molecule has 0 aliphatic rings. The third-order valence-electron chi connectivity index (χ3n) is 1.52.